The number of aromatic nitrogens is 1. The first-order valence-electron chi connectivity index (χ1n) is 14.8. The van der Waals surface area contributed by atoms with Crippen LogP contribution in [-0.2, 0) is 0 Å². The van der Waals surface area contributed by atoms with E-state index >= 15 is 0 Å². The van der Waals surface area contributed by atoms with Crippen LogP contribution in [0.25, 0.3) is 0 Å². The lowest BCUT2D eigenvalue weighted by Gasteiger charge is -2.34. The quantitative estimate of drug-likeness (QED) is 0.429. The Morgan fingerprint density at radius 2 is 1.06 bits per heavy atom. The lowest BCUT2D eigenvalue weighted by molar-refractivity contribution is 0.332. The second kappa shape index (κ2) is 17.3. The van der Waals surface area contributed by atoms with Gasteiger partial charge in [-0.3, -0.25) is 4.98 Å². The van der Waals surface area contributed by atoms with Crippen molar-refractivity contribution in [3.05, 3.63) is 42.2 Å². The number of nitrogens with one attached hydrogen (secondary N) is 1. The Balaban J connectivity index is 1.47. The second-order valence-electron chi connectivity index (χ2n) is 10.9. The summed E-state index contributed by atoms with van der Waals surface area (Å²) in [6.07, 6.45) is 38.9. The van der Waals surface area contributed by atoms with E-state index in [0.717, 1.165) is 0 Å². The maximum atomic E-state index is 4.43. The third-order valence-corrected chi connectivity index (χ3v) is 8.01. The maximum absolute atomic E-state index is 4.43. The summed E-state index contributed by atoms with van der Waals surface area (Å²) in [5, 5.41) is 4.00. The fourth-order valence-corrected chi connectivity index (χ4v) is 5.89. The number of pyridine rings is 1. The molecule has 186 valence electrons. The molecule has 0 radical (unpaired) electrons. The monoisotopic (exact) mass is 452 g/mol. The van der Waals surface area contributed by atoms with Crippen LogP contribution in [0, 0.1) is 5.92 Å². The molecular weight excluding hydrogens is 400 g/mol. The molecule has 1 N–H and O–H groups in total. The molecule has 0 amide bonds. The normalized spacial score (nSPS) is 28.5. The average molecular weight is 453 g/mol. The predicted octanol–water partition coefficient (Wildman–Crippen LogP) is 9.47. The lowest BCUT2D eigenvalue weighted by Crippen LogP contribution is -2.38. The Morgan fingerprint density at radius 3 is 1.55 bits per heavy atom. The van der Waals surface area contributed by atoms with E-state index in [1.54, 1.807) is 0 Å². The van der Waals surface area contributed by atoms with Crippen LogP contribution in [0.5, 0.6) is 0 Å². The highest BCUT2D eigenvalue weighted by molar-refractivity contribution is 5.20. The largest absolute Gasteiger partial charge is 0.303 e. The minimum Gasteiger partial charge on any atom is -0.303 e. The van der Waals surface area contributed by atoms with Crippen molar-refractivity contribution in [3.63, 3.8) is 0 Å². The van der Waals surface area contributed by atoms with Gasteiger partial charge in [0.2, 0.25) is 0 Å². The molecule has 1 fully saturated rings. The molecule has 3 heterocycles. The van der Waals surface area contributed by atoms with Gasteiger partial charge in [-0.25, -0.2) is 0 Å². The van der Waals surface area contributed by atoms with E-state index < -0.39 is 0 Å². The molecule has 33 heavy (non-hydrogen) atoms. The number of hydrogen-bond donors (Lipinski definition) is 1. The van der Waals surface area contributed by atoms with Crippen molar-refractivity contribution in [2.45, 2.75) is 147 Å². The average Bonchev–Trinajstić information content (AvgIpc) is 2.85. The topological polar surface area (TPSA) is 24.9 Å². The molecule has 4 rings (SSSR count). The first-order chi connectivity index (χ1) is 16.4. The minimum absolute atomic E-state index is 0.433. The van der Waals surface area contributed by atoms with E-state index in [1.165, 1.54) is 140 Å². The highest BCUT2D eigenvalue weighted by atomic mass is 15.0. The van der Waals surface area contributed by atoms with Crippen molar-refractivity contribution in [1.29, 1.82) is 0 Å². The molecule has 1 saturated heterocycles. The Labute approximate surface area is 205 Å². The highest BCUT2D eigenvalue weighted by Crippen LogP contribution is 2.32. The van der Waals surface area contributed by atoms with Crippen molar-refractivity contribution in [2.24, 2.45) is 5.92 Å². The van der Waals surface area contributed by atoms with Gasteiger partial charge in [0.1, 0.15) is 0 Å². The van der Waals surface area contributed by atoms with Crippen LogP contribution in [0.4, 0.5) is 0 Å². The SMILES string of the molecule is C1=CC2CCCCCCCCCCCCCCCCCCCCCC1NC2c1cccnc1. The fraction of sp³-hybridized carbons (Fsp3) is 0.774. The van der Waals surface area contributed by atoms with E-state index in [9.17, 15) is 0 Å². The van der Waals surface area contributed by atoms with Gasteiger partial charge < -0.3 is 5.32 Å². The predicted molar refractivity (Wildman–Crippen MR) is 143 cm³/mol. The summed E-state index contributed by atoms with van der Waals surface area (Å²) in [6.45, 7) is 0. The van der Waals surface area contributed by atoms with Crippen LogP contribution in [0.3, 0.4) is 0 Å². The maximum Gasteiger partial charge on any atom is 0.0403 e. The number of hydrogen-bond acceptors (Lipinski definition) is 2. The van der Waals surface area contributed by atoms with Crippen LogP contribution in [0.1, 0.15) is 146 Å². The molecule has 1 aromatic rings. The zero-order chi connectivity index (χ0) is 22.8. The Hall–Kier alpha value is -1.15. The van der Waals surface area contributed by atoms with E-state index in [-0.39, 0.29) is 0 Å². The molecule has 1 aliphatic carbocycles. The van der Waals surface area contributed by atoms with E-state index in [4.69, 9.17) is 0 Å². The summed E-state index contributed by atoms with van der Waals surface area (Å²) in [7, 11) is 0. The van der Waals surface area contributed by atoms with Gasteiger partial charge in [-0.2, -0.15) is 0 Å². The van der Waals surface area contributed by atoms with E-state index in [2.05, 4.69) is 40.8 Å². The minimum atomic E-state index is 0.433. The van der Waals surface area contributed by atoms with E-state index in [1.807, 2.05) is 6.20 Å². The lowest BCUT2D eigenvalue weighted by atomic mass is 9.84. The number of rotatable bonds is 1. The van der Waals surface area contributed by atoms with Gasteiger partial charge in [0.15, 0.2) is 0 Å². The van der Waals surface area contributed by atoms with Crippen molar-refractivity contribution >= 4 is 0 Å². The Kier molecular flexibility index (Phi) is 13.9. The van der Waals surface area contributed by atoms with Gasteiger partial charge in [0, 0.05) is 24.5 Å². The van der Waals surface area contributed by atoms with Crippen molar-refractivity contribution in [3.8, 4) is 0 Å². The van der Waals surface area contributed by atoms with Gasteiger partial charge in [0.25, 0.3) is 0 Å². The smallest absolute Gasteiger partial charge is 0.0403 e. The summed E-state index contributed by atoms with van der Waals surface area (Å²) in [5.74, 6) is 0.611. The molecule has 3 unspecified atom stereocenters. The van der Waals surface area contributed by atoms with Crippen LogP contribution >= 0.6 is 0 Å². The molecule has 3 atom stereocenters. The molecule has 2 nitrogen and oxygen atoms in total. The highest BCUT2D eigenvalue weighted by Gasteiger charge is 2.26. The molecule has 0 aromatic carbocycles. The summed E-state index contributed by atoms with van der Waals surface area (Å²) in [5.41, 5.74) is 1.37. The van der Waals surface area contributed by atoms with Crippen LogP contribution in [0.15, 0.2) is 36.7 Å². The second-order valence-corrected chi connectivity index (χ2v) is 10.9. The van der Waals surface area contributed by atoms with Gasteiger partial charge in [0.05, 0.1) is 0 Å². The number of nitrogens with zero attached hydrogens (tertiary/aromatic N) is 1. The molecule has 2 heteroatoms. The van der Waals surface area contributed by atoms with Gasteiger partial charge in [-0.05, 0) is 30.4 Å². The van der Waals surface area contributed by atoms with Crippen molar-refractivity contribution in [1.82, 2.24) is 10.3 Å². The van der Waals surface area contributed by atoms with Gasteiger partial charge in [-0.1, -0.05) is 140 Å². The summed E-state index contributed by atoms with van der Waals surface area (Å²) >= 11 is 0. The summed E-state index contributed by atoms with van der Waals surface area (Å²) in [6, 6.07) is 5.33. The molecule has 1 aromatic heterocycles. The van der Waals surface area contributed by atoms with Crippen LogP contribution in [-0.4, -0.2) is 11.0 Å². The van der Waals surface area contributed by atoms with Crippen molar-refractivity contribution in [2.75, 3.05) is 0 Å². The zero-order valence-corrected chi connectivity index (χ0v) is 21.5. The van der Waals surface area contributed by atoms with Crippen molar-refractivity contribution < 1.29 is 0 Å². The standard InChI is InChI=1S/C31H52N2/c1-2-4-6-8-10-12-14-16-18-21-28-24-25-30(33-31(28)29-22-20-26-32-27-29)23-19-17-15-13-11-9-7-5-3-1/h20,22,24-28,30-31,33H,1-19,21,23H2. The molecule has 2 aliphatic heterocycles. The third kappa shape index (κ3) is 11.2. The molecule has 2 bridgehead atoms. The molecule has 3 aliphatic rings. The number of fused-ring (bicyclic) bond motifs is 21. The Bertz CT molecular complexity index is 611. The summed E-state index contributed by atoms with van der Waals surface area (Å²) < 4.78 is 0. The molecular formula is C31H52N2. The van der Waals surface area contributed by atoms with Crippen LogP contribution < -0.4 is 5.32 Å². The molecule has 0 spiro atoms. The summed E-state index contributed by atoms with van der Waals surface area (Å²) in [4.78, 5) is 4.43. The molecule has 0 saturated carbocycles. The first-order valence-corrected chi connectivity index (χ1v) is 14.8. The van der Waals surface area contributed by atoms with E-state index in [0.29, 0.717) is 18.0 Å². The fourth-order valence-electron chi connectivity index (χ4n) is 5.89. The zero-order valence-electron chi connectivity index (χ0n) is 21.5. The van der Waals surface area contributed by atoms with Crippen LogP contribution in [0.2, 0.25) is 0 Å². The first kappa shape index (κ1) is 26.5. The Morgan fingerprint density at radius 1 is 0.576 bits per heavy atom. The van der Waals surface area contributed by atoms with Gasteiger partial charge >= 0.3 is 0 Å². The van der Waals surface area contributed by atoms with Gasteiger partial charge in [-0.15, -0.1) is 0 Å². The third-order valence-electron chi connectivity index (χ3n) is 8.01.